The fourth-order valence-corrected chi connectivity index (χ4v) is 1.24. The fraction of sp³-hybridized carbons (Fsp3) is 0.111. The van der Waals surface area contributed by atoms with Gasteiger partial charge in [-0.1, -0.05) is 0 Å². The minimum atomic E-state index is -0.295. The summed E-state index contributed by atoms with van der Waals surface area (Å²) in [5, 5.41) is 2.60. The molecule has 0 aliphatic rings. The summed E-state index contributed by atoms with van der Waals surface area (Å²) >= 11 is 5.38. The van der Waals surface area contributed by atoms with Crippen molar-refractivity contribution in [1.82, 2.24) is 15.0 Å². The average Bonchev–Trinajstić information content (AvgIpc) is 2.29. The summed E-state index contributed by atoms with van der Waals surface area (Å²) in [7, 11) is 0. The van der Waals surface area contributed by atoms with Crippen molar-refractivity contribution in [2.24, 2.45) is 0 Å². The molecule has 0 aromatic carbocycles. The number of hydrogen-bond acceptors (Lipinski definition) is 4. The average molecular weight is 223 g/mol. The number of aromatic nitrogens is 3. The van der Waals surface area contributed by atoms with Crippen molar-refractivity contribution < 1.29 is 4.79 Å². The Morgan fingerprint density at radius 1 is 1.33 bits per heavy atom. The van der Waals surface area contributed by atoms with Crippen molar-refractivity contribution in [2.75, 3.05) is 11.2 Å². The molecule has 0 aliphatic carbocycles. The van der Waals surface area contributed by atoms with Crippen LogP contribution in [0, 0.1) is 0 Å². The first-order valence-electron chi connectivity index (χ1n) is 4.22. The second-order valence-corrected chi connectivity index (χ2v) is 3.06. The number of hydrogen-bond donors (Lipinski definition) is 1. The molecule has 2 aromatic rings. The zero-order valence-corrected chi connectivity index (χ0v) is 8.40. The molecule has 2 rings (SSSR count). The molecule has 2 aromatic heterocycles. The van der Waals surface area contributed by atoms with Gasteiger partial charge in [-0.25, -0.2) is 0 Å². The number of carbonyl (C=O) groups excluding carboxylic acids is 1. The third-order valence-corrected chi connectivity index (χ3v) is 2.02. The molecule has 5 nitrogen and oxygen atoms in total. The molecule has 6 heteroatoms. The van der Waals surface area contributed by atoms with Crippen LogP contribution in [0.4, 0.5) is 5.69 Å². The zero-order valence-electron chi connectivity index (χ0n) is 7.64. The van der Waals surface area contributed by atoms with Gasteiger partial charge in [0.1, 0.15) is 16.9 Å². The lowest BCUT2D eigenvalue weighted by Gasteiger charge is -2.04. The van der Waals surface area contributed by atoms with Crippen LogP contribution in [0.2, 0.25) is 0 Å². The number of halogens is 1. The number of nitrogens with zero attached hydrogens (tertiary/aromatic N) is 3. The smallest absolute Gasteiger partial charge is 0.239 e. The molecule has 76 valence electrons. The summed E-state index contributed by atoms with van der Waals surface area (Å²) in [6.07, 6.45) is 6.22. The molecule has 15 heavy (non-hydrogen) atoms. The van der Waals surface area contributed by atoms with Gasteiger partial charge in [0.15, 0.2) is 0 Å². The molecule has 1 amide bonds. The molecule has 0 saturated heterocycles. The van der Waals surface area contributed by atoms with Gasteiger partial charge in [-0.3, -0.25) is 19.7 Å². The van der Waals surface area contributed by atoms with Crippen molar-refractivity contribution in [3.8, 4) is 0 Å². The molecule has 1 N–H and O–H groups in total. The van der Waals surface area contributed by atoms with E-state index in [0.29, 0.717) is 16.7 Å². The van der Waals surface area contributed by atoms with Gasteiger partial charge in [0, 0.05) is 12.4 Å². The highest BCUT2D eigenvalue weighted by molar-refractivity contribution is 6.29. The lowest BCUT2D eigenvalue weighted by Crippen LogP contribution is -2.13. The summed E-state index contributed by atoms with van der Waals surface area (Å²) in [5.74, 6) is -0.395. The van der Waals surface area contributed by atoms with Crippen LogP contribution in [-0.4, -0.2) is 26.7 Å². The predicted molar refractivity (Wildman–Crippen MR) is 56.7 cm³/mol. The number of fused-ring (bicyclic) bond motifs is 1. The molecule has 2 heterocycles. The first-order valence-corrected chi connectivity index (χ1v) is 4.75. The molecule has 0 fully saturated rings. The maximum atomic E-state index is 11.1. The third-order valence-electron chi connectivity index (χ3n) is 1.78. The highest BCUT2D eigenvalue weighted by Crippen LogP contribution is 2.16. The van der Waals surface area contributed by atoms with E-state index in [1.807, 2.05) is 0 Å². The molecular weight excluding hydrogens is 216 g/mol. The number of anilines is 1. The Hall–Kier alpha value is -1.75. The molecule has 0 bridgehead atoms. The largest absolute Gasteiger partial charge is 0.322 e. The van der Waals surface area contributed by atoms with Crippen LogP contribution < -0.4 is 5.32 Å². The van der Waals surface area contributed by atoms with E-state index < -0.39 is 0 Å². The fourth-order valence-electron chi connectivity index (χ4n) is 1.17. The summed E-state index contributed by atoms with van der Waals surface area (Å²) in [4.78, 5) is 23.2. The Kier molecular flexibility index (Phi) is 2.73. The van der Waals surface area contributed by atoms with Crippen molar-refractivity contribution in [3.63, 3.8) is 0 Å². The van der Waals surface area contributed by atoms with Crippen LogP contribution in [0.5, 0.6) is 0 Å². The summed E-state index contributed by atoms with van der Waals surface area (Å²) in [6.45, 7) is 0. The SMILES string of the molecule is O=C(CCl)Nc1cncc2nccnc12. The van der Waals surface area contributed by atoms with E-state index >= 15 is 0 Å². The van der Waals surface area contributed by atoms with Gasteiger partial charge in [0.25, 0.3) is 0 Å². The van der Waals surface area contributed by atoms with E-state index in [9.17, 15) is 4.79 Å². The van der Waals surface area contributed by atoms with E-state index in [2.05, 4.69) is 20.3 Å². The normalized spacial score (nSPS) is 10.2. The summed E-state index contributed by atoms with van der Waals surface area (Å²) in [6, 6.07) is 0. The topological polar surface area (TPSA) is 67.8 Å². The Balaban J connectivity index is 2.46. The molecule has 0 unspecified atom stereocenters. The van der Waals surface area contributed by atoms with Gasteiger partial charge >= 0.3 is 0 Å². The minimum absolute atomic E-state index is 0.101. The van der Waals surface area contributed by atoms with Crippen LogP contribution in [0.25, 0.3) is 11.0 Å². The molecule has 0 saturated carbocycles. The van der Waals surface area contributed by atoms with Crippen molar-refractivity contribution in [3.05, 3.63) is 24.8 Å². The number of rotatable bonds is 2. The summed E-state index contributed by atoms with van der Waals surface area (Å²) < 4.78 is 0. The first-order chi connectivity index (χ1) is 7.31. The quantitative estimate of drug-likeness (QED) is 0.776. The maximum Gasteiger partial charge on any atom is 0.239 e. The van der Waals surface area contributed by atoms with E-state index in [1.54, 1.807) is 18.6 Å². The number of carbonyl (C=O) groups is 1. The lowest BCUT2D eigenvalue weighted by atomic mass is 10.3. The highest BCUT2D eigenvalue weighted by Gasteiger charge is 2.06. The molecule has 0 radical (unpaired) electrons. The van der Waals surface area contributed by atoms with Crippen molar-refractivity contribution in [1.29, 1.82) is 0 Å². The van der Waals surface area contributed by atoms with Gasteiger partial charge < -0.3 is 5.32 Å². The van der Waals surface area contributed by atoms with Crippen LogP contribution >= 0.6 is 11.6 Å². The van der Waals surface area contributed by atoms with Crippen LogP contribution in [0.3, 0.4) is 0 Å². The zero-order chi connectivity index (χ0) is 10.7. The van der Waals surface area contributed by atoms with E-state index in [-0.39, 0.29) is 11.8 Å². The predicted octanol–water partition coefficient (Wildman–Crippen LogP) is 1.20. The van der Waals surface area contributed by atoms with Crippen LogP contribution in [0.1, 0.15) is 0 Å². The van der Waals surface area contributed by atoms with Gasteiger partial charge in [-0.2, -0.15) is 0 Å². The van der Waals surface area contributed by atoms with E-state index in [1.165, 1.54) is 6.20 Å². The molecule has 0 atom stereocenters. The maximum absolute atomic E-state index is 11.1. The van der Waals surface area contributed by atoms with E-state index in [0.717, 1.165) is 0 Å². The Morgan fingerprint density at radius 2 is 2.13 bits per heavy atom. The first kappa shape index (κ1) is 9.79. The standard InChI is InChI=1S/C9H7ClN4O/c10-3-8(15)14-7-5-11-4-6-9(7)13-2-1-12-6/h1-2,4-5H,3H2,(H,14,15). The number of nitrogens with one attached hydrogen (secondary N) is 1. The number of pyridine rings is 1. The monoisotopic (exact) mass is 222 g/mol. The number of amides is 1. The Bertz CT molecular complexity index is 497. The summed E-state index contributed by atoms with van der Waals surface area (Å²) in [5.41, 5.74) is 1.75. The second-order valence-electron chi connectivity index (χ2n) is 2.79. The minimum Gasteiger partial charge on any atom is -0.322 e. The third kappa shape index (κ3) is 2.02. The second kappa shape index (κ2) is 4.18. The van der Waals surface area contributed by atoms with Gasteiger partial charge in [-0.15, -0.1) is 11.6 Å². The van der Waals surface area contributed by atoms with Gasteiger partial charge in [0.2, 0.25) is 5.91 Å². The molecular formula is C9H7ClN4O. The molecule has 0 aliphatic heterocycles. The Morgan fingerprint density at radius 3 is 2.93 bits per heavy atom. The van der Waals surface area contributed by atoms with Crippen molar-refractivity contribution >= 4 is 34.2 Å². The number of alkyl halides is 1. The lowest BCUT2D eigenvalue weighted by molar-refractivity contribution is -0.113. The van der Waals surface area contributed by atoms with Crippen molar-refractivity contribution in [2.45, 2.75) is 0 Å². The van der Waals surface area contributed by atoms with E-state index in [4.69, 9.17) is 11.6 Å². The van der Waals surface area contributed by atoms with Gasteiger partial charge in [-0.05, 0) is 0 Å². The van der Waals surface area contributed by atoms with Gasteiger partial charge in [0.05, 0.1) is 18.1 Å². The highest BCUT2D eigenvalue weighted by atomic mass is 35.5. The Labute approximate surface area is 90.5 Å². The van der Waals surface area contributed by atoms with Crippen LogP contribution in [0.15, 0.2) is 24.8 Å². The van der Waals surface area contributed by atoms with Crippen LogP contribution in [-0.2, 0) is 4.79 Å². The molecule has 0 spiro atoms.